The number of nitro benzene ring substituents is 1. The van der Waals surface area contributed by atoms with Gasteiger partial charge >= 0.3 is 5.69 Å². The van der Waals surface area contributed by atoms with Crippen LogP contribution in [0.15, 0.2) is 18.2 Å². The Morgan fingerprint density at radius 2 is 2.05 bits per heavy atom. The lowest BCUT2D eigenvalue weighted by Gasteiger charge is -2.25. The van der Waals surface area contributed by atoms with Gasteiger partial charge in [0, 0.05) is 24.2 Å². The molecule has 116 valence electrons. The first-order valence-corrected chi connectivity index (χ1v) is 6.62. The number of likely N-dealkylation sites (N-methyl/N-ethyl adjacent to an activating group) is 1. The molecule has 1 aromatic rings. The van der Waals surface area contributed by atoms with Gasteiger partial charge in [0.05, 0.1) is 4.92 Å². The zero-order valence-electron chi connectivity index (χ0n) is 12.6. The van der Waals surface area contributed by atoms with Gasteiger partial charge in [-0.05, 0) is 32.1 Å². The zero-order chi connectivity index (χ0) is 16.2. The minimum atomic E-state index is -1.01. The molecule has 1 rings (SSSR count). The van der Waals surface area contributed by atoms with Gasteiger partial charge in [-0.1, -0.05) is 13.8 Å². The smallest absolute Gasteiger partial charge is 0.304 e. The minimum Gasteiger partial charge on any atom is -0.348 e. The Morgan fingerprint density at radius 3 is 2.48 bits per heavy atom. The summed E-state index contributed by atoms with van der Waals surface area (Å²) in [6, 6.07) is 3.05. The SMILES string of the molecule is CC(C)C(CN(C)C)NC(=O)c1ccc([N+](=O)[O-])c(F)c1. The van der Waals surface area contributed by atoms with Crippen LogP contribution in [0.2, 0.25) is 0 Å². The van der Waals surface area contributed by atoms with E-state index in [1.807, 2.05) is 32.8 Å². The van der Waals surface area contributed by atoms with E-state index in [1.54, 1.807) is 0 Å². The van der Waals surface area contributed by atoms with E-state index in [0.717, 1.165) is 12.1 Å². The summed E-state index contributed by atoms with van der Waals surface area (Å²) in [6.45, 7) is 4.61. The van der Waals surface area contributed by atoms with Gasteiger partial charge in [-0.25, -0.2) is 0 Å². The summed E-state index contributed by atoms with van der Waals surface area (Å²) >= 11 is 0. The number of nitro groups is 1. The fourth-order valence-corrected chi connectivity index (χ4v) is 1.86. The van der Waals surface area contributed by atoms with Crippen molar-refractivity contribution < 1.29 is 14.1 Å². The summed E-state index contributed by atoms with van der Waals surface area (Å²) in [6.07, 6.45) is 0. The van der Waals surface area contributed by atoms with Gasteiger partial charge in [0.15, 0.2) is 0 Å². The van der Waals surface area contributed by atoms with Crippen LogP contribution in [0, 0.1) is 21.8 Å². The highest BCUT2D eigenvalue weighted by Gasteiger charge is 2.20. The Hall–Kier alpha value is -2.02. The quantitative estimate of drug-likeness (QED) is 0.644. The van der Waals surface area contributed by atoms with E-state index in [1.165, 1.54) is 6.07 Å². The molecule has 0 aliphatic carbocycles. The van der Waals surface area contributed by atoms with Crippen LogP contribution in [0.3, 0.4) is 0 Å². The van der Waals surface area contributed by atoms with Crippen LogP contribution in [-0.4, -0.2) is 42.4 Å². The first-order valence-electron chi connectivity index (χ1n) is 6.62. The molecule has 0 aromatic heterocycles. The third-order valence-corrected chi connectivity index (χ3v) is 3.09. The minimum absolute atomic E-state index is 0.0718. The van der Waals surface area contributed by atoms with Crippen molar-refractivity contribution >= 4 is 11.6 Å². The number of halogens is 1. The molecule has 0 radical (unpaired) electrons. The fraction of sp³-hybridized carbons (Fsp3) is 0.500. The number of hydrogen-bond donors (Lipinski definition) is 1. The summed E-state index contributed by atoms with van der Waals surface area (Å²) in [7, 11) is 3.79. The number of amides is 1. The Kier molecular flexibility index (Phi) is 5.78. The molecule has 0 fully saturated rings. The summed E-state index contributed by atoms with van der Waals surface area (Å²) in [5.74, 6) is -1.25. The maximum absolute atomic E-state index is 13.5. The lowest BCUT2D eigenvalue weighted by Crippen LogP contribution is -2.45. The molecule has 1 N–H and O–H groups in total. The van der Waals surface area contributed by atoms with Crippen molar-refractivity contribution in [3.05, 3.63) is 39.7 Å². The molecule has 1 unspecified atom stereocenters. The molecular weight excluding hydrogens is 277 g/mol. The standard InChI is InChI=1S/C14H20FN3O3/c1-9(2)12(8-17(3)4)16-14(19)10-5-6-13(18(20)21)11(15)7-10/h5-7,9,12H,8H2,1-4H3,(H,16,19). The molecular formula is C14H20FN3O3. The van der Waals surface area contributed by atoms with Gasteiger partial charge in [-0.15, -0.1) is 0 Å². The lowest BCUT2D eigenvalue weighted by molar-refractivity contribution is -0.387. The monoisotopic (exact) mass is 297 g/mol. The molecule has 0 saturated carbocycles. The van der Waals surface area contributed by atoms with Crippen molar-refractivity contribution in [3.63, 3.8) is 0 Å². The average molecular weight is 297 g/mol. The van der Waals surface area contributed by atoms with E-state index in [0.29, 0.717) is 6.54 Å². The van der Waals surface area contributed by atoms with Crippen molar-refractivity contribution in [3.8, 4) is 0 Å². The summed E-state index contributed by atoms with van der Waals surface area (Å²) in [5, 5.41) is 13.4. The van der Waals surface area contributed by atoms with Crippen molar-refractivity contribution in [1.29, 1.82) is 0 Å². The second-order valence-electron chi connectivity index (χ2n) is 5.51. The molecule has 0 aliphatic rings. The van der Waals surface area contributed by atoms with Gasteiger partial charge in [0.2, 0.25) is 5.82 Å². The third kappa shape index (κ3) is 4.78. The Bertz CT molecular complexity index is 532. The second kappa shape index (κ2) is 7.12. The number of nitrogens with one attached hydrogen (secondary N) is 1. The molecule has 21 heavy (non-hydrogen) atoms. The molecule has 0 heterocycles. The topological polar surface area (TPSA) is 75.5 Å². The van der Waals surface area contributed by atoms with E-state index in [9.17, 15) is 19.3 Å². The van der Waals surface area contributed by atoms with Crippen LogP contribution in [-0.2, 0) is 0 Å². The Labute approximate surface area is 123 Å². The van der Waals surface area contributed by atoms with E-state index >= 15 is 0 Å². The van der Waals surface area contributed by atoms with Crippen LogP contribution in [0.25, 0.3) is 0 Å². The molecule has 6 nitrogen and oxygen atoms in total. The maximum Gasteiger partial charge on any atom is 0.304 e. The van der Waals surface area contributed by atoms with Crippen LogP contribution in [0.5, 0.6) is 0 Å². The van der Waals surface area contributed by atoms with Crippen molar-refractivity contribution in [2.24, 2.45) is 5.92 Å². The van der Waals surface area contributed by atoms with Crippen molar-refractivity contribution in [2.45, 2.75) is 19.9 Å². The highest BCUT2D eigenvalue weighted by molar-refractivity contribution is 5.94. The summed E-state index contributed by atoms with van der Waals surface area (Å²) in [5.41, 5.74) is -0.567. The maximum atomic E-state index is 13.5. The first kappa shape index (κ1) is 17.0. The summed E-state index contributed by atoms with van der Waals surface area (Å²) in [4.78, 5) is 23.8. The number of hydrogen-bond acceptors (Lipinski definition) is 4. The van der Waals surface area contributed by atoms with Gasteiger partial charge in [-0.3, -0.25) is 14.9 Å². The van der Waals surface area contributed by atoms with Gasteiger partial charge in [0.25, 0.3) is 5.91 Å². The number of carbonyl (C=O) groups excluding carboxylic acids is 1. The van der Waals surface area contributed by atoms with Crippen LogP contribution in [0.1, 0.15) is 24.2 Å². The van der Waals surface area contributed by atoms with E-state index in [-0.39, 0.29) is 17.5 Å². The van der Waals surface area contributed by atoms with E-state index in [4.69, 9.17) is 0 Å². The molecule has 1 amide bonds. The predicted molar refractivity (Wildman–Crippen MR) is 77.7 cm³/mol. The molecule has 0 saturated heterocycles. The van der Waals surface area contributed by atoms with Crippen molar-refractivity contribution in [2.75, 3.05) is 20.6 Å². The second-order valence-corrected chi connectivity index (χ2v) is 5.51. The molecule has 1 aromatic carbocycles. The molecule has 7 heteroatoms. The van der Waals surface area contributed by atoms with Gasteiger partial charge in [-0.2, -0.15) is 4.39 Å². The predicted octanol–water partition coefficient (Wildman–Crippen LogP) is 2.05. The number of benzene rings is 1. The van der Waals surface area contributed by atoms with Crippen LogP contribution in [0.4, 0.5) is 10.1 Å². The van der Waals surface area contributed by atoms with Gasteiger partial charge < -0.3 is 10.2 Å². The van der Waals surface area contributed by atoms with E-state index < -0.39 is 22.3 Å². The first-order chi connectivity index (χ1) is 9.72. The number of carbonyl (C=O) groups is 1. The zero-order valence-corrected chi connectivity index (χ0v) is 12.6. The fourth-order valence-electron chi connectivity index (χ4n) is 1.86. The lowest BCUT2D eigenvalue weighted by atomic mass is 10.0. The largest absolute Gasteiger partial charge is 0.348 e. The molecule has 1 atom stereocenters. The summed E-state index contributed by atoms with van der Waals surface area (Å²) < 4.78 is 13.5. The highest BCUT2D eigenvalue weighted by atomic mass is 19.1. The Balaban J connectivity index is 2.88. The highest BCUT2D eigenvalue weighted by Crippen LogP contribution is 2.18. The van der Waals surface area contributed by atoms with E-state index in [2.05, 4.69) is 5.32 Å². The number of rotatable bonds is 6. The van der Waals surface area contributed by atoms with Crippen molar-refractivity contribution in [1.82, 2.24) is 10.2 Å². The molecule has 0 spiro atoms. The molecule has 0 bridgehead atoms. The average Bonchev–Trinajstić information content (AvgIpc) is 2.36. The van der Waals surface area contributed by atoms with Crippen LogP contribution >= 0.6 is 0 Å². The molecule has 0 aliphatic heterocycles. The third-order valence-electron chi connectivity index (χ3n) is 3.09. The normalized spacial score (nSPS) is 12.5. The van der Waals surface area contributed by atoms with Crippen LogP contribution < -0.4 is 5.32 Å². The Morgan fingerprint density at radius 1 is 1.43 bits per heavy atom. The number of nitrogens with zero attached hydrogens (tertiary/aromatic N) is 2. The van der Waals surface area contributed by atoms with Gasteiger partial charge in [0.1, 0.15) is 0 Å².